The summed E-state index contributed by atoms with van der Waals surface area (Å²) >= 11 is 0. The lowest BCUT2D eigenvalue weighted by molar-refractivity contribution is 0.497. The fraction of sp³-hybridized carbons (Fsp3) is 0.615. The second kappa shape index (κ2) is 5.52. The molecule has 3 heterocycles. The summed E-state index contributed by atoms with van der Waals surface area (Å²) in [6, 6.07) is 0. The van der Waals surface area contributed by atoms with Crippen LogP contribution in [0.15, 0.2) is 12.4 Å². The number of imidazole rings is 1. The molecule has 3 rings (SSSR count). The van der Waals surface area contributed by atoms with Crippen molar-refractivity contribution in [1.29, 1.82) is 0 Å². The zero-order valence-electron chi connectivity index (χ0n) is 11.3. The highest BCUT2D eigenvalue weighted by atomic mass is 15.3. The van der Waals surface area contributed by atoms with Crippen molar-refractivity contribution in [2.45, 2.75) is 38.8 Å². The molecule has 0 saturated carbocycles. The Morgan fingerprint density at radius 1 is 1.26 bits per heavy atom. The van der Waals surface area contributed by atoms with Gasteiger partial charge in [0.05, 0.1) is 6.54 Å². The normalized spacial score (nSPS) is 14.6. The molecule has 0 bridgehead atoms. The van der Waals surface area contributed by atoms with E-state index in [1.807, 2.05) is 19.4 Å². The van der Waals surface area contributed by atoms with E-state index in [4.69, 9.17) is 0 Å². The number of rotatable bonds is 5. The van der Waals surface area contributed by atoms with Crippen molar-refractivity contribution in [1.82, 2.24) is 29.6 Å². The third-order valence-corrected chi connectivity index (χ3v) is 3.67. The van der Waals surface area contributed by atoms with Gasteiger partial charge in [0.2, 0.25) is 0 Å². The van der Waals surface area contributed by atoms with Crippen LogP contribution in [0.5, 0.6) is 0 Å². The van der Waals surface area contributed by atoms with E-state index in [-0.39, 0.29) is 0 Å². The summed E-state index contributed by atoms with van der Waals surface area (Å²) in [4.78, 5) is 4.31. The van der Waals surface area contributed by atoms with Gasteiger partial charge in [0, 0.05) is 45.4 Å². The predicted molar refractivity (Wildman–Crippen MR) is 71.6 cm³/mol. The van der Waals surface area contributed by atoms with Gasteiger partial charge in [-0.25, -0.2) is 4.98 Å². The first kappa shape index (κ1) is 12.3. The number of nitrogens with zero attached hydrogens (tertiary/aromatic N) is 5. The van der Waals surface area contributed by atoms with E-state index < -0.39 is 0 Å². The molecular weight excluding hydrogens is 240 g/mol. The molecule has 2 aromatic heterocycles. The van der Waals surface area contributed by atoms with Crippen LogP contribution in [0.4, 0.5) is 0 Å². The van der Waals surface area contributed by atoms with Crippen LogP contribution in [0.25, 0.3) is 0 Å². The largest absolute Gasteiger partial charge is 0.338 e. The van der Waals surface area contributed by atoms with Crippen molar-refractivity contribution >= 4 is 0 Å². The van der Waals surface area contributed by atoms with Crippen molar-refractivity contribution in [2.75, 3.05) is 6.54 Å². The van der Waals surface area contributed by atoms with Gasteiger partial charge < -0.3 is 14.5 Å². The summed E-state index contributed by atoms with van der Waals surface area (Å²) in [6.45, 7) is 2.77. The minimum atomic E-state index is 0.789. The zero-order chi connectivity index (χ0) is 13.1. The maximum absolute atomic E-state index is 4.31. The van der Waals surface area contributed by atoms with Gasteiger partial charge in [-0.3, -0.25) is 0 Å². The Bertz CT molecular complexity index is 541. The second-order valence-corrected chi connectivity index (χ2v) is 5.02. The minimum Gasteiger partial charge on any atom is -0.338 e. The molecule has 0 unspecified atom stereocenters. The molecule has 0 amide bonds. The van der Waals surface area contributed by atoms with Crippen molar-refractivity contribution in [3.8, 4) is 0 Å². The van der Waals surface area contributed by atoms with E-state index in [0.29, 0.717) is 0 Å². The van der Waals surface area contributed by atoms with E-state index in [1.54, 1.807) is 0 Å². The molecule has 0 saturated heterocycles. The van der Waals surface area contributed by atoms with Crippen LogP contribution in [0.2, 0.25) is 0 Å². The smallest absolute Gasteiger partial charge is 0.147 e. The highest BCUT2D eigenvalue weighted by Gasteiger charge is 2.14. The molecule has 2 aromatic rings. The number of aromatic nitrogens is 5. The Morgan fingerprint density at radius 3 is 3.05 bits per heavy atom. The molecule has 1 N–H and O–H groups in total. The van der Waals surface area contributed by atoms with Crippen molar-refractivity contribution in [3.05, 3.63) is 29.9 Å². The lowest BCUT2D eigenvalue weighted by Gasteiger charge is -2.14. The van der Waals surface area contributed by atoms with E-state index in [9.17, 15) is 0 Å². The maximum Gasteiger partial charge on any atom is 0.147 e. The summed E-state index contributed by atoms with van der Waals surface area (Å²) in [5.74, 6) is 3.32. The number of aryl methyl sites for hydroxylation is 2. The van der Waals surface area contributed by atoms with Gasteiger partial charge in [0.25, 0.3) is 0 Å². The molecule has 0 aliphatic carbocycles. The van der Waals surface area contributed by atoms with E-state index in [2.05, 4.69) is 29.6 Å². The number of fused-ring (bicyclic) bond motifs is 1. The van der Waals surface area contributed by atoms with Gasteiger partial charge in [0.15, 0.2) is 0 Å². The van der Waals surface area contributed by atoms with Gasteiger partial charge in [-0.2, -0.15) is 0 Å². The molecular formula is C13H20N6. The number of hydrogen-bond acceptors (Lipinski definition) is 4. The summed E-state index contributed by atoms with van der Waals surface area (Å²) in [6.07, 6.45) is 8.30. The fourth-order valence-corrected chi connectivity index (χ4v) is 2.54. The molecule has 19 heavy (non-hydrogen) atoms. The third kappa shape index (κ3) is 2.68. The second-order valence-electron chi connectivity index (χ2n) is 5.02. The molecule has 0 fully saturated rings. The summed E-state index contributed by atoms with van der Waals surface area (Å²) in [5.41, 5.74) is 0. The Morgan fingerprint density at radius 2 is 2.21 bits per heavy atom. The van der Waals surface area contributed by atoms with Crippen LogP contribution in [0, 0.1) is 0 Å². The molecule has 6 nitrogen and oxygen atoms in total. The molecule has 1 aliphatic rings. The quantitative estimate of drug-likeness (QED) is 0.803. The lowest BCUT2D eigenvalue weighted by Crippen LogP contribution is -2.22. The van der Waals surface area contributed by atoms with Gasteiger partial charge in [-0.15, -0.1) is 10.2 Å². The Balaban J connectivity index is 1.50. The van der Waals surface area contributed by atoms with Gasteiger partial charge in [-0.1, -0.05) is 0 Å². The molecule has 1 aliphatic heterocycles. The van der Waals surface area contributed by atoms with Gasteiger partial charge in [0.1, 0.15) is 17.5 Å². The minimum absolute atomic E-state index is 0.789. The standard InChI is InChI=1S/C13H20N6/c1-18-9-7-15-11(18)5-6-14-10-13-17-16-12-4-2-3-8-19(12)13/h7,9,14H,2-6,8,10H2,1H3. The van der Waals surface area contributed by atoms with Crippen LogP contribution in [0.1, 0.15) is 30.3 Å². The monoisotopic (exact) mass is 260 g/mol. The highest BCUT2D eigenvalue weighted by Crippen LogP contribution is 2.13. The average Bonchev–Trinajstić information content (AvgIpc) is 3.02. The molecule has 0 radical (unpaired) electrons. The summed E-state index contributed by atoms with van der Waals surface area (Å²) in [7, 11) is 2.03. The zero-order valence-corrected chi connectivity index (χ0v) is 11.3. The number of hydrogen-bond donors (Lipinski definition) is 1. The Labute approximate surface area is 112 Å². The van der Waals surface area contributed by atoms with Gasteiger partial charge >= 0.3 is 0 Å². The van der Waals surface area contributed by atoms with Crippen molar-refractivity contribution in [2.24, 2.45) is 7.05 Å². The first-order valence-electron chi connectivity index (χ1n) is 6.92. The van der Waals surface area contributed by atoms with Crippen molar-refractivity contribution < 1.29 is 0 Å². The van der Waals surface area contributed by atoms with Crippen LogP contribution in [-0.2, 0) is 33.0 Å². The van der Waals surface area contributed by atoms with Crippen LogP contribution >= 0.6 is 0 Å². The molecule has 0 spiro atoms. The predicted octanol–water partition coefficient (Wildman–Crippen LogP) is 0.680. The molecule has 6 heteroatoms. The maximum atomic E-state index is 4.31. The Hall–Kier alpha value is -1.69. The van der Waals surface area contributed by atoms with Gasteiger partial charge in [-0.05, 0) is 12.8 Å². The molecule has 0 atom stereocenters. The lowest BCUT2D eigenvalue weighted by atomic mass is 10.2. The summed E-state index contributed by atoms with van der Waals surface area (Å²) < 4.78 is 4.32. The van der Waals surface area contributed by atoms with Crippen LogP contribution in [-0.4, -0.2) is 30.9 Å². The van der Waals surface area contributed by atoms with E-state index in [1.165, 1.54) is 12.8 Å². The topological polar surface area (TPSA) is 60.6 Å². The molecule has 102 valence electrons. The fourth-order valence-electron chi connectivity index (χ4n) is 2.54. The average molecular weight is 260 g/mol. The number of nitrogens with one attached hydrogen (secondary N) is 1. The molecule has 0 aromatic carbocycles. The van der Waals surface area contributed by atoms with Crippen LogP contribution < -0.4 is 5.32 Å². The van der Waals surface area contributed by atoms with E-state index in [0.717, 1.165) is 49.9 Å². The Kier molecular flexibility index (Phi) is 3.59. The third-order valence-electron chi connectivity index (χ3n) is 3.67. The van der Waals surface area contributed by atoms with E-state index >= 15 is 0 Å². The van der Waals surface area contributed by atoms with Crippen LogP contribution in [0.3, 0.4) is 0 Å². The highest BCUT2D eigenvalue weighted by molar-refractivity contribution is 4.99. The SMILES string of the molecule is Cn1ccnc1CCNCc1nnc2n1CCCC2. The first-order chi connectivity index (χ1) is 9.34. The van der Waals surface area contributed by atoms with Crippen molar-refractivity contribution in [3.63, 3.8) is 0 Å². The first-order valence-corrected chi connectivity index (χ1v) is 6.92. The summed E-state index contributed by atoms with van der Waals surface area (Å²) in [5, 5.41) is 12.0.